The van der Waals surface area contributed by atoms with E-state index >= 15 is 0 Å². The van der Waals surface area contributed by atoms with E-state index in [9.17, 15) is 19.2 Å². The molecule has 0 bridgehead atoms. The number of esters is 1. The molecule has 1 aromatic carbocycles. The smallest absolute Gasteiger partial charge is 0.338 e. The third kappa shape index (κ3) is 6.43. The fraction of sp³-hybridized carbons (Fsp3) is 0.630. The molecule has 2 saturated heterocycles. The maximum atomic E-state index is 13.3. The summed E-state index contributed by atoms with van der Waals surface area (Å²) in [5, 5.41) is 8.03. The first-order chi connectivity index (χ1) is 17.4. The molecule has 0 spiro atoms. The lowest BCUT2D eigenvalue weighted by Crippen LogP contribution is -2.72. The number of nitrogens with zero attached hydrogens (tertiary/aromatic N) is 1. The summed E-state index contributed by atoms with van der Waals surface area (Å²) in [4.78, 5) is 53.0. The van der Waals surface area contributed by atoms with E-state index < -0.39 is 29.3 Å². The Bertz CT molecular complexity index is 897. The maximum Gasteiger partial charge on any atom is 0.338 e. The van der Waals surface area contributed by atoms with Crippen LogP contribution in [0.15, 0.2) is 24.3 Å². The molecule has 2 aliphatic heterocycles. The number of hydrogen-bond donors (Lipinski definition) is 3. The van der Waals surface area contributed by atoms with Gasteiger partial charge in [0.1, 0.15) is 5.41 Å². The van der Waals surface area contributed by atoms with Crippen LogP contribution in [0.25, 0.3) is 0 Å². The van der Waals surface area contributed by atoms with Crippen LogP contribution in [0, 0.1) is 5.41 Å². The van der Waals surface area contributed by atoms with Crippen molar-refractivity contribution in [1.29, 1.82) is 0 Å². The van der Waals surface area contributed by atoms with Gasteiger partial charge in [-0.15, -0.1) is 0 Å². The van der Waals surface area contributed by atoms with E-state index in [0.717, 1.165) is 44.2 Å². The largest absolute Gasteiger partial charge is 0.462 e. The average Bonchev–Trinajstić information content (AvgIpc) is 2.88. The lowest BCUT2D eigenvalue weighted by Gasteiger charge is -2.48. The second kappa shape index (κ2) is 13.4. The summed E-state index contributed by atoms with van der Waals surface area (Å²) in [6, 6.07) is 5.83. The molecule has 0 aliphatic carbocycles. The van der Waals surface area contributed by atoms with E-state index in [0.29, 0.717) is 44.6 Å². The van der Waals surface area contributed by atoms with Gasteiger partial charge in [-0.2, -0.15) is 0 Å². The zero-order chi connectivity index (χ0) is 26.0. The molecular formula is C27H40N4O5. The highest BCUT2D eigenvalue weighted by atomic mass is 16.5. The summed E-state index contributed by atoms with van der Waals surface area (Å²) in [7, 11) is 0. The number of nitrogens with one attached hydrogen (secondary N) is 3. The van der Waals surface area contributed by atoms with Crippen molar-refractivity contribution in [3.63, 3.8) is 0 Å². The predicted octanol–water partition coefficient (Wildman–Crippen LogP) is 3.52. The number of hydrogen-bond acceptors (Lipinski definition) is 7. The fourth-order valence-electron chi connectivity index (χ4n) is 5.08. The molecule has 2 heterocycles. The Hall–Kier alpha value is -2.94. The van der Waals surface area contributed by atoms with Crippen LogP contribution in [0.4, 0.5) is 10.5 Å². The molecule has 1 unspecified atom stereocenters. The highest BCUT2D eigenvalue weighted by molar-refractivity contribution is 6.20. The minimum atomic E-state index is -1.40. The molecule has 0 aromatic heterocycles. The first kappa shape index (κ1) is 27.6. The van der Waals surface area contributed by atoms with Crippen LogP contribution >= 0.6 is 0 Å². The number of carbonyl (C=O) groups excluding carboxylic acids is 4. The van der Waals surface area contributed by atoms with Gasteiger partial charge in [-0.3, -0.25) is 20.2 Å². The van der Waals surface area contributed by atoms with Crippen LogP contribution < -0.4 is 20.9 Å². The van der Waals surface area contributed by atoms with Gasteiger partial charge in [0.25, 0.3) is 0 Å². The Labute approximate surface area is 213 Å². The molecule has 9 heteroatoms. The van der Waals surface area contributed by atoms with Crippen LogP contribution in [0.5, 0.6) is 0 Å². The molecule has 1 atom stereocenters. The second-order valence-corrected chi connectivity index (χ2v) is 9.68. The standard InChI is InChI=1S/C27H40N4O5/c1-3-5-7-8-9-10-15-27(24(33)29-26(35)30-25(27)34)22-19-28-16-17-31(22)21-13-11-20(12-14-21)23(32)36-18-6-4-2/h11-14,22,28H,3-10,15-19H2,1-2H3,(H2,29,30,33,34,35). The highest BCUT2D eigenvalue weighted by Crippen LogP contribution is 2.38. The van der Waals surface area contributed by atoms with Gasteiger partial charge in [0.05, 0.1) is 18.2 Å². The molecule has 9 nitrogen and oxygen atoms in total. The number of barbiturate groups is 1. The number of carbonyl (C=O) groups is 4. The summed E-state index contributed by atoms with van der Waals surface area (Å²) in [5.41, 5.74) is -0.127. The van der Waals surface area contributed by atoms with Crippen LogP contribution in [-0.4, -0.2) is 56.1 Å². The van der Waals surface area contributed by atoms with Crippen LogP contribution in [0.3, 0.4) is 0 Å². The van der Waals surface area contributed by atoms with Crippen LogP contribution in [0.1, 0.15) is 82.0 Å². The molecule has 2 aliphatic rings. The predicted molar refractivity (Wildman–Crippen MR) is 138 cm³/mol. The van der Waals surface area contributed by atoms with Gasteiger partial charge < -0.3 is 15.0 Å². The number of rotatable bonds is 13. The number of piperazine rings is 1. The molecule has 3 rings (SSSR count). The number of ether oxygens (including phenoxy) is 1. The van der Waals surface area contributed by atoms with Crippen molar-refractivity contribution < 1.29 is 23.9 Å². The van der Waals surface area contributed by atoms with E-state index in [1.807, 2.05) is 19.1 Å². The number of urea groups is 1. The molecule has 198 valence electrons. The third-order valence-electron chi connectivity index (χ3n) is 7.17. The maximum absolute atomic E-state index is 13.3. The quantitative estimate of drug-likeness (QED) is 0.215. The van der Waals surface area contributed by atoms with Crippen molar-refractivity contribution in [3.05, 3.63) is 29.8 Å². The first-order valence-electron chi connectivity index (χ1n) is 13.4. The number of anilines is 1. The molecule has 36 heavy (non-hydrogen) atoms. The SMILES string of the molecule is CCCCCCCCC1(C2CNCCN2c2ccc(C(=O)OCCCC)cc2)C(=O)NC(=O)NC1=O. The van der Waals surface area contributed by atoms with E-state index in [1.54, 1.807) is 12.1 Å². The Balaban J connectivity index is 1.82. The molecule has 2 fully saturated rings. The van der Waals surface area contributed by atoms with E-state index in [4.69, 9.17) is 4.74 Å². The summed E-state index contributed by atoms with van der Waals surface area (Å²) < 4.78 is 5.30. The molecule has 0 saturated carbocycles. The Kier molecular flexibility index (Phi) is 10.3. The van der Waals surface area contributed by atoms with Gasteiger partial charge in [-0.25, -0.2) is 9.59 Å². The second-order valence-electron chi connectivity index (χ2n) is 9.68. The summed E-state index contributed by atoms with van der Waals surface area (Å²) >= 11 is 0. The monoisotopic (exact) mass is 500 g/mol. The van der Waals surface area contributed by atoms with E-state index in [-0.39, 0.29) is 5.97 Å². The number of amides is 4. The van der Waals surface area contributed by atoms with Crippen molar-refractivity contribution in [2.75, 3.05) is 31.1 Å². The Morgan fingerprint density at radius 3 is 2.25 bits per heavy atom. The highest BCUT2D eigenvalue weighted by Gasteiger charge is 2.57. The van der Waals surface area contributed by atoms with Gasteiger partial charge in [-0.1, -0.05) is 58.8 Å². The topological polar surface area (TPSA) is 117 Å². The van der Waals surface area contributed by atoms with Crippen molar-refractivity contribution in [2.45, 2.75) is 77.7 Å². The fourth-order valence-corrected chi connectivity index (χ4v) is 5.08. The van der Waals surface area contributed by atoms with Gasteiger partial charge >= 0.3 is 12.0 Å². The van der Waals surface area contributed by atoms with Gasteiger partial charge in [0.15, 0.2) is 0 Å². The minimum Gasteiger partial charge on any atom is -0.462 e. The van der Waals surface area contributed by atoms with Gasteiger partial charge in [0.2, 0.25) is 11.8 Å². The molecule has 3 N–H and O–H groups in total. The normalized spacial score (nSPS) is 19.6. The van der Waals surface area contributed by atoms with Crippen molar-refractivity contribution >= 4 is 29.5 Å². The van der Waals surface area contributed by atoms with Gasteiger partial charge in [-0.05, 0) is 37.1 Å². The molecule has 0 radical (unpaired) electrons. The zero-order valence-corrected chi connectivity index (χ0v) is 21.6. The average molecular weight is 501 g/mol. The number of unbranched alkanes of at least 4 members (excludes halogenated alkanes) is 6. The molecular weight excluding hydrogens is 460 g/mol. The van der Waals surface area contributed by atoms with Crippen molar-refractivity contribution in [2.24, 2.45) is 5.41 Å². The van der Waals surface area contributed by atoms with Crippen molar-refractivity contribution in [3.8, 4) is 0 Å². The van der Waals surface area contributed by atoms with Gasteiger partial charge in [0, 0.05) is 25.3 Å². The van der Waals surface area contributed by atoms with E-state index in [1.165, 1.54) is 6.42 Å². The summed E-state index contributed by atoms with van der Waals surface area (Å²) in [6.07, 6.45) is 8.26. The van der Waals surface area contributed by atoms with E-state index in [2.05, 4.69) is 27.8 Å². The summed E-state index contributed by atoms with van der Waals surface area (Å²) in [5.74, 6) is -1.45. The molecule has 4 amide bonds. The molecule has 1 aromatic rings. The number of benzene rings is 1. The van der Waals surface area contributed by atoms with Crippen LogP contribution in [0.2, 0.25) is 0 Å². The lowest BCUT2D eigenvalue weighted by molar-refractivity contribution is -0.147. The third-order valence-corrected chi connectivity index (χ3v) is 7.17. The van der Waals surface area contributed by atoms with Crippen molar-refractivity contribution in [1.82, 2.24) is 16.0 Å². The minimum absolute atomic E-state index is 0.356. The Morgan fingerprint density at radius 1 is 0.944 bits per heavy atom. The first-order valence-corrected chi connectivity index (χ1v) is 13.4. The summed E-state index contributed by atoms with van der Waals surface area (Å²) in [6.45, 7) is 6.28. The zero-order valence-electron chi connectivity index (χ0n) is 21.6. The van der Waals surface area contributed by atoms with Crippen LogP contribution in [-0.2, 0) is 14.3 Å². The number of imide groups is 2. The Morgan fingerprint density at radius 2 is 1.58 bits per heavy atom. The lowest BCUT2D eigenvalue weighted by atomic mass is 9.71.